The topological polar surface area (TPSA) is 36.1 Å². The lowest BCUT2D eigenvalue weighted by Gasteiger charge is -2.22. The molecule has 2 nitrogen and oxygen atoms in total. The lowest BCUT2D eigenvalue weighted by molar-refractivity contribution is 0.453. The Morgan fingerprint density at radius 3 is 2.14 bits per heavy atom. The Morgan fingerprint density at radius 1 is 0.828 bits per heavy atom. The normalized spacial score (nSPS) is 13.2. The van der Waals surface area contributed by atoms with E-state index in [4.69, 9.17) is 4.99 Å². The zero-order chi connectivity index (χ0) is 20.6. The van der Waals surface area contributed by atoms with Crippen molar-refractivity contribution in [2.24, 2.45) is 10.9 Å². The predicted octanol–water partition coefficient (Wildman–Crippen LogP) is 6.08. The maximum Gasteiger partial charge on any atom is 0.0994 e. The fourth-order valence-corrected chi connectivity index (χ4v) is 3.66. The van der Waals surface area contributed by atoms with Gasteiger partial charge in [0.05, 0.1) is 17.7 Å². The fraction of sp³-hybridized carbons (Fsp3) is 0.259. The molecule has 2 atom stereocenters. The van der Waals surface area contributed by atoms with Crippen LogP contribution < -0.4 is 0 Å². The predicted molar refractivity (Wildman–Crippen MR) is 121 cm³/mol. The van der Waals surface area contributed by atoms with Crippen molar-refractivity contribution in [3.05, 3.63) is 106 Å². The van der Waals surface area contributed by atoms with E-state index in [1.165, 1.54) is 16.7 Å². The molecule has 0 heterocycles. The number of aryl methyl sites for hydroxylation is 2. The smallest absolute Gasteiger partial charge is 0.0994 e. The summed E-state index contributed by atoms with van der Waals surface area (Å²) in [5, 5.41) is 9.44. The van der Waals surface area contributed by atoms with Gasteiger partial charge in [-0.2, -0.15) is 5.26 Å². The minimum atomic E-state index is 0.141. The molecule has 0 aromatic heterocycles. The van der Waals surface area contributed by atoms with E-state index >= 15 is 0 Å². The van der Waals surface area contributed by atoms with Gasteiger partial charge in [0.1, 0.15) is 0 Å². The largest absolute Gasteiger partial charge is 0.289 e. The van der Waals surface area contributed by atoms with Crippen LogP contribution >= 0.6 is 0 Å². The van der Waals surface area contributed by atoms with Gasteiger partial charge in [-0.25, -0.2) is 0 Å². The van der Waals surface area contributed by atoms with E-state index in [0.29, 0.717) is 5.92 Å². The van der Waals surface area contributed by atoms with Gasteiger partial charge in [0.2, 0.25) is 0 Å². The summed E-state index contributed by atoms with van der Waals surface area (Å²) >= 11 is 0. The SMILES string of the molecule is Cc1ccccc1C=NC(Cc1ccccc1C)C(C)Cc1ccccc1C#N. The minimum absolute atomic E-state index is 0.141. The van der Waals surface area contributed by atoms with Gasteiger partial charge in [0, 0.05) is 6.21 Å². The van der Waals surface area contributed by atoms with Gasteiger partial charge in [0.25, 0.3) is 0 Å². The standard InChI is InChI=1S/C27H28N2/c1-20-10-4-6-12-23(20)17-27(29-19-26-15-7-5-11-21(26)2)22(3)16-24-13-8-9-14-25(24)18-28/h4-15,19,22,27H,16-17H2,1-3H3. The van der Waals surface area contributed by atoms with Gasteiger partial charge in [-0.05, 0) is 66.5 Å². The van der Waals surface area contributed by atoms with Crippen LogP contribution in [0.1, 0.15) is 40.3 Å². The molecule has 0 saturated carbocycles. The summed E-state index contributed by atoms with van der Waals surface area (Å²) in [4.78, 5) is 5.03. The molecule has 0 aliphatic heterocycles. The molecule has 0 saturated heterocycles. The van der Waals surface area contributed by atoms with Gasteiger partial charge >= 0.3 is 0 Å². The summed E-state index contributed by atoms with van der Waals surface area (Å²) in [6.07, 6.45) is 3.75. The summed E-state index contributed by atoms with van der Waals surface area (Å²) < 4.78 is 0. The Labute approximate surface area is 174 Å². The van der Waals surface area contributed by atoms with Gasteiger partial charge in [-0.3, -0.25) is 4.99 Å². The van der Waals surface area contributed by atoms with E-state index in [1.807, 2.05) is 24.4 Å². The van der Waals surface area contributed by atoms with Crippen molar-refractivity contribution in [2.45, 2.75) is 39.7 Å². The summed E-state index contributed by atoms with van der Waals surface area (Å²) in [6, 6.07) is 27.2. The van der Waals surface area contributed by atoms with E-state index < -0.39 is 0 Å². The highest BCUT2D eigenvalue weighted by atomic mass is 14.8. The third-order valence-electron chi connectivity index (χ3n) is 5.62. The number of hydrogen-bond donors (Lipinski definition) is 0. The number of nitrogens with zero attached hydrogens (tertiary/aromatic N) is 2. The second-order valence-corrected chi connectivity index (χ2v) is 7.78. The Balaban J connectivity index is 1.88. The summed E-state index contributed by atoms with van der Waals surface area (Å²) in [7, 11) is 0. The van der Waals surface area contributed by atoms with Crippen LogP contribution in [0, 0.1) is 31.1 Å². The van der Waals surface area contributed by atoms with E-state index in [1.54, 1.807) is 0 Å². The Bertz CT molecular complexity index is 1030. The minimum Gasteiger partial charge on any atom is -0.289 e. The van der Waals surface area contributed by atoms with Crippen molar-refractivity contribution in [1.29, 1.82) is 5.26 Å². The first-order valence-electron chi connectivity index (χ1n) is 10.2. The molecule has 2 unspecified atom stereocenters. The average molecular weight is 381 g/mol. The molecule has 3 rings (SSSR count). The fourth-order valence-electron chi connectivity index (χ4n) is 3.66. The summed E-state index contributed by atoms with van der Waals surface area (Å²) in [6.45, 7) is 6.52. The van der Waals surface area contributed by atoms with E-state index in [0.717, 1.165) is 29.5 Å². The molecule has 2 heteroatoms. The van der Waals surface area contributed by atoms with Crippen molar-refractivity contribution in [2.75, 3.05) is 0 Å². The van der Waals surface area contributed by atoms with E-state index in [-0.39, 0.29) is 6.04 Å². The highest BCUT2D eigenvalue weighted by Gasteiger charge is 2.19. The molecule has 0 bridgehead atoms. The zero-order valence-corrected chi connectivity index (χ0v) is 17.5. The molecule has 0 amide bonds. The lowest BCUT2D eigenvalue weighted by atomic mass is 9.87. The molecule has 146 valence electrons. The Kier molecular flexibility index (Phi) is 6.98. The van der Waals surface area contributed by atoms with Crippen LogP contribution in [0.15, 0.2) is 77.8 Å². The molecule has 0 spiro atoms. The number of benzene rings is 3. The second kappa shape index (κ2) is 9.85. The average Bonchev–Trinajstić information content (AvgIpc) is 2.73. The first-order valence-corrected chi connectivity index (χ1v) is 10.2. The van der Waals surface area contributed by atoms with E-state index in [9.17, 15) is 5.26 Å². The molecule has 0 aliphatic rings. The van der Waals surface area contributed by atoms with Crippen LogP contribution in [0.4, 0.5) is 0 Å². The maximum absolute atomic E-state index is 9.44. The van der Waals surface area contributed by atoms with Crippen LogP contribution in [-0.2, 0) is 12.8 Å². The van der Waals surface area contributed by atoms with Crippen molar-refractivity contribution in [3.8, 4) is 6.07 Å². The number of rotatable bonds is 7. The monoisotopic (exact) mass is 380 g/mol. The number of hydrogen-bond acceptors (Lipinski definition) is 2. The van der Waals surface area contributed by atoms with Crippen molar-refractivity contribution >= 4 is 6.21 Å². The first kappa shape index (κ1) is 20.6. The zero-order valence-electron chi connectivity index (χ0n) is 17.5. The van der Waals surface area contributed by atoms with Gasteiger partial charge in [0.15, 0.2) is 0 Å². The third kappa shape index (κ3) is 5.42. The highest BCUT2D eigenvalue weighted by Crippen LogP contribution is 2.22. The van der Waals surface area contributed by atoms with Gasteiger partial charge in [-0.1, -0.05) is 73.7 Å². The Hall–Kier alpha value is -3.18. The molecular formula is C27H28N2. The maximum atomic E-state index is 9.44. The van der Waals surface area contributed by atoms with Crippen LogP contribution in [0.25, 0.3) is 0 Å². The van der Waals surface area contributed by atoms with Crippen LogP contribution in [0.3, 0.4) is 0 Å². The molecule has 29 heavy (non-hydrogen) atoms. The second-order valence-electron chi connectivity index (χ2n) is 7.78. The van der Waals surface area contributed by atoms with Crippen LogP contribution in [-0.4, -0.2) is 12.3 Å². The first-order chi connectivity index (χ1) is 14.1. The quantitative estimate of drug-likeness (QED) is 0.457. The molecule has 0 N–H and O–H groups in total. The summed E-state index contributed by atoms with van der Waals surface area (Å²) in [5.41, 5.74) is 6.88. The van der Waals surface area contributed by atoms with Gasteiger partial charge < -0.3 is 0 Å². The molecule has 3 aromatic carbocycles. The van der Waals surface area contributed by atoms with E-state index in [2.05, 4.69) is 81.4 Å². The highest BCUT2D eigenvalue weighted by molar-refractivity contribution is 5.81. The van der Waals surface area contributed by atoms with Crippen LogP contribution in [0.5, 0.6) is 0 Å². The van der Waals surface area contributed by atoms with Crippen molar-refractivity contribution in [3.63, 3.8) is 0 Å². The van der Waals surface area contributed by atoms with Crippen molar-refractivity contribution in [1.82, 2.24) is 0 Å². The molecular weight excluding hydrogens is 352 g/mol. The molecule has 0 aliphatic carbocycles. The van der Waals surface area contributed by atoms with Gasteiger partial charge in [-0.15, -0.1) is 0 Å². The van der Waals surface area contributed by atoms with Crippen molar-refractivity contribution < 1.29 is 0 Å². The molecule has 3 aromatic rings. The number of nitriles is 1. The Morgan fingerprint density at radius 2 is 1.45 bits per heavy atom. The summed E-state index contributed by atoms with van der Waals surface area (Å²) in [5.74, 6) is 0.310. The molecule has 0 fully saturated rings. The number of aliphatic imine (C=N–C) groups is 1. The van der Waals surface area contributed by atoms with Crippen LogP contribution in [0.2, 0.25) is 0 Å². The third-order valence-corrected chi connectivity index (χ3v) is 5.62. The molecule has 0 radical (unpaired) electrons. The lowest BCUT2D eigenvalue weighted by Crippen LogP contribution is -2.22.